The number of halogens is 2. The third kappa shape index (κ3) is 3.52. The summed E-state index contributed by atoms with van der Waals surface area (Å²) in [6.07, 6.45) is 0. The first-order chi connectivity index (χ1) is 6.35. The van der Waals surface area contributed by atoms with Crippen LogP contribution in [-0.4, -0.2) is 48.1 Å². The fourth-order valence-corrected chi connectivity index (χ4v) is 0.786. The summed E-state index contributed by atoms with van der Waals surface area (Å²) in [5.41, 5.74) is 1.39. The zero-order valence-corrected chi connectivity index (χ0v) is 8.13. The summed E-state index contributed by atoms with van der Waals surface area (Å²) in [4.78, 5) is 11.8. The van der Waals surface area contributed by atoms with E-state index in [4.69, 9.17) is 5.11 Å². The summed E-state index contributed by atoms with van der Waals surface area (Å²) in [5.74, 6) is -0.487. The second kappa shape index (κ2) is 5.18. The van der Waals surface area contributed by atoms with Gasteiger partial charge in [0.25, 0.3) is 0 Å². The number of hydrogen-bond acceptors (Lipinski definition) is 4. The molecule has 1 unspecified atom stereocenters. The molecule has 0 aliphatic heterocycles. The molecule has 0 fully saturated rings. The maximum absolute atomic E-state index is 12.9. The average Bonchev–Trinajstić information content (AvgIpc) is 2.14. The lowest BCUT2D eigenvalue weighted by atomic mass is 10.2. The fraction of sp³-hybridized carbons (Fsp3) is 0.857. The van der Waals surface area contributed by atoms with Crippen molar-refractivity contribution in [1.82, 2.24) is 10.3 Å². The number of alkyl halides is 2. The van der Waals surface area contributed by atoms with Gasteiger partial charge in [-0.15, -0.1) is 0 Å². The van der Waals surface area contributed by atoms with Crippen molar-refractivity contribution in [1.29, 1.82) is 0 Å². The molecule has 1 atom stereocenters. The van der Waals surface area contributed by atoms with Crippen molar-refractivity contribution in [3.8, 4) is 0 Å². The van der Waals surface area contributed by atoms with E-state index in [0.29, 0.717) is 0 Å². The van der Waals surface area contributed by atoms with Crippen LogP contribution in [0.4, 0.5) is 8.78 Å². The Morgan fingerprint density at radius 1 is 1.71 bits per heavy atom. The predicted octanol–water partition coefficient (Wildman–Crippen LogP) is -1.08. The van der Waals surface area contributed by atoms with Crippen LogP contribution in [0.2, 0.25) is 0 Å². The number of carbonyl (C=O) groups is 1. The number of aliphatic hydroxyl groups is 1. The van der Waals surface area contributed by atoms with Crippen LogP contribution in [0.25, 0.3) is 0 Å². The van der Waals surface area contributed by atoms with E-state index >= 15 is 0 Å². The largest absolute Gasteiger partial charge is 0.395 e. The summed E-state index contributed by atoms with van der Waals surface area (Å²) in [7, 11) is 1.39. The number of carbonyl (C=O) groups excluding carboxylic acids is 1. The first kappa shape index (κ1) is 13.2. The highest BCUT2D eigenvalue weighted by Crippen LogP contribution is 2.15. The molecule has 0 spiro atoms. The maximum atomic E-state index is 12.9. The minimum atomic E-state index is -3.55. The first-order valence-electron chi connectivity index (χ1n) is 4.05. The predicted molar refractivity (Wildman–Crippen MR) is 46.5 cm³/mol. The van der Waals surface area contributed by atoms with Gasteiger partial charge in [-0.05, 0) is 14.0 Å². The second-order valence-electron chi connectivity index (χ2n) is 3.12. The third-order valence-electron chi connectivity index (χ3n) is 1.93. The molecule has 0 heterocycles. The number of aliphatic hydroxyl groups excluding tert-OH is 1. The summed E-state index contributed by atoms with van der Waals surface area (Å²) in [5, 5.41) is 8.69. The molecule has 4 N–H and O–H groups in total. The number of nitrogens with one attached hydrogen (secondary N) is 1. The highest BCUT2D eigenvalue weighted by molar-refractivity contribution is 5.82. The molecular weight excluding hydrogens is 196 g/mol. The molecule has 84 valence electrons. The zero-order chi connectivity index (χ0) is 11.4. The molecule has 0 saturated heterocycles. The monoisotopic (exact) mass is 211 g/mol. The molecule has 0 aromatic carbocycles. The molecule has 14 heavy (non-hydrogen) atoms. The Labute approximate surface area is 80.8 Å². The molecule has 7 heteroatoms. The van der Waals surface area contributed by atoms with E-state index in [9.17, 15) is 13.6 Å². The number of nitrogens with two attached hydrogens (primary N) is 1. The lowest BCUT2D eigenvalue weighted by Crippen LogP contribution is -2.51. The van der Waals surface area contributed by atoms with E-state index in [1.54, 1.807) is 6.92 Å². The topological polar surface area (TPSA) is 78.6 Å². The van der Waals surface area contributed by atoms with Crippen molar-refractivity contribution >= 4 is 5.91 Å². The van der Waals surface area contributed by atoms with Gasteiger partial charge in [0.1, 0.15) is 0 Å². The molecule has 1 amide bonds. The molecular formula is C7H15F2N3O2. The molecule has 0 aromatic rings. The van der Waals surface area contributed by atoms with E-state index in [1.165, 1.54) is 17.4 Å². The number of hydrogen-bond donors (Lipinski definition) is 3. The number of nitrogens with zero attached hydrogens (tertiary/aromatic N) is 1. The molecule has 0 radical (unpaired) electrons. The van der Waals surface area contributed by atoms with Crippen LogP contribution in [-0.2, 0) is 4.79 Å². The Kier molecular flexibility index (Phi) is 4.89. The van der Waals surface area contributed by atoms with Gasteiger partial charge in [0.15, 0.2) is 0 Å². The van der Waals surface area contributed by atoms with Gasteiger partial charge < -0.3 is 5.11 Å². The van der Waals surface area contributed by atoms with E-state index in [2.05, 4.69) is 5.84 Å². The van der Waals surface area contributed by atoms with E-state index in [1.807, 2.05) is 0 Å². The summed E-state index contributed by atoms with van der Waals surface area (Å²) < 4.78 is 25.9. The van der Waals surface area contributed by atoms with Gasteiger partial charge in [0.05, 0.1) is 13.2 Å². The number of hydrazine groups is 1. The van der Waals surface area contributed by atoms with Crippen LogP contribution >= 0.6 is 0 Å². The van der Waals surface area contributed by atoms with E-state index in [0.717, 1.165) is 0 Å². The van der Waals surface area contributed by atoms with Gasteiger partial charge in [-0.25, -0.2) is 5.84 Å². The standard InChI is InChI=1S/C7H15F2N3O2/c1-5(3-13)12(2)4-7(8,9)6(14)11-10/h5,13H,3-4,10H2,1-2H3,(H,11,14). The Morgan fingerprint density at radius 2 is 2.21 bits per heavy atom. The van der Waals surface area contributed by atoms with Gasteiger partial charge in [0, 0.05) is 6.04 Å². The van der Waals surface area contributed by atoms with E-state index in [-0.39, 0.29) is 6.61 Å². The van der Waals surface area contributed by atoms with Crippen molar-refractivity contribution in [3.05, 3.63) is 0 Å². The van der Waals surface area contributed by atoms with Crippen LogP contribution in [0, 0.1) is 0 Å². The molecule has 5 nitrogen and oxygen atoms in total. The first-order valence-corrected chi connectivity index (χ1v) is 4.05. The summed E-state index contributed by atoms with van der Waals surface area (Å²) in [6, 6.07) is -0.438. The molecule has 0 aliphatic carbocycles. The fourth-order valence-electron chi connectivity index (χ4n) is 0.786. The molecule has 0 aliphatic rings. The van der Waals surface area contributed by atoms with Gasteiger partial charge >= 0.3 is 11.8 Å². The lowest BCUT2D eigenvalue weighted by Gasteiger charge is -2.26. The lowest BCUT2D eigenvalue weighted by molar-refractivity contribution is -0.148. The molecule has 0 aromatic heterocycles. The van der Waals surface area contributed by atoms with Crippen molar-refractivity contribution in [2.45, 2.75) is 18.9 Å². The van der Waals surface area contributed by atoms with Crippen molar-refractivity contribution < 1.29 is 18.7 Å². The second-order valence-corrected chi connectivity index (χ2v) is 3.12. The van der Waals surface area contributed by atoms with Crippen LogP contribution < -0.4 is 11.3 Å². The SMILES string of the molecule is CC(CO)N(C)CC(F)(F)C(=O)NN. The van der Waals surface area contributed by atoms with Crippen molar-refractivity contribution in [2.24, 2.45) is 5.84 Å². The van der Waals surface area contributed by atoms with Crippen LogP contribution in [0.1, 0.15) is 6.92 Å². The van der Waals surface area contributed by atoms with Crippen LogP contribution in [0.3, 0.4) is 0 Å². The van der Waals surface area contributed by atoms with Gasteiger partial charge in [-0.1, -0.05) is 0 Å². The van der Waals surface area contributed by atoms with Gasteiger partial charge in [-0.2, -0.15) is 8.78 Å². The smallest absolute Gasteiger partial charge is 0.338 e. The minimum absolute atomic E-state index is 0.253. The highest BCUT2D eigenvalue weighted by atomic mass is 19.3. The molecule has 0 saturated carbocycles. The summed E-state index contributed by atoms with van der Waals surface area (Å²) >= 11 is 0. The third-order valence-corrected chi connectivity index (χ3v) is 1.93. The summed E-state index contributed by atoms with van der Waals surface area (Å²) in [6.45, 7) is 0.533. The molecule has 0 rings (SSSR count). The highest BCUT2D eigenvalue weighted by Gasteiger charge is 2.40. The quantitative estimate of drug-likeness (QED) is 0.307. The average molecular weight is 211 g/mol. The Balaban J connectivity index is 4.28. The van der Waals surface area contributed by atoms with Gasteiger partial charge in [0.2, 0.25) is 0 Å². The van der Waals surface area contributed by atoms with Crippen molar-refractivity contribution in [2.75, 3.05) is 20.2 Å². The van der Waals surface area contributed by atoms with Crippen LogP contribution in [0.15, 0.2) is 0 Å². The minimum Gasteiger partial charge on any atom is -0.395 e. The number of likely N-dealkylation sites (N-methyl/N-ethyl adjacent to an activating group) is 1. The normalized spacial score (nSPS) is 14.2. The number of rotatable bonds is 5. The zero-order valence-electron chi connectivity index (χ0n) is 8.13. The van der Waals surface area contributed by atoms with Crippen molar-refractivity contribution in [3.63, 3.8) is 0 Å². The Morgan fingerprint density at radius 3 is 2.57 bits per heavy atom. The van der Waals surface area contributed by atoms with Crippen LogP contribution in [0.5, 0.6) is 0 Å². The number of amides is 1. The molecule has 0 bridgehead atoms. The van der Waals surface area contributed by atoms with E-state index < -0.39 is 24.4 Å². The Bertz CT molecular complexity index is 201. The Hall–Kier alpha value is -0.790. The van der Waals surface area contributed by atoms with Gasteiger partial charge in [-0.3, -0.25) is 15.1 Å². The maximum Gasteiger partial charge on any atom is 0.338 e.